The molecule has 0 aliphatic heterocycles. The van der Waals surface area contributed by atoms with Gasteiger partial charge in [0.1, 0.15) is 9.84 Å². The van der Waals surface area contributed by atoms with E-state index in [0.717, 1.165) is 12.8 Å². The molecule has 1 atom stereocenters. The Balaban J connectivity index is 2.39. The van der Waals surface area contributed by atoms with Gasteiger partial charge in [-0.2, -0.15) is 0 Å². The van der Waals surface area contributed by atoms with Crippen molar-refractivity contribution in [2.75, 3.05) is 12.0 Å². The van der Waals surface area contributed by atoms with Gasteiger partial charge in [0.25, 0.3) is 0 Å². The van der Waals surface area contributed by atoms with Crippen molar-refractivity contribution in [2.24, 2.45) is 5.92 Å². The molecule has 0 amide bonds. The van der Waals surface area contributed by atoms with Gasteiger partial charge in [-0.25, -0.2) is 8.42 Å². The average Bonchev–Trinajstić information content (AvgIpc) is 2.21. The third kappa shape index (κ3) is 4.94. The molecule has 2 N–H and O–H groups in total. The van der Waals surface area contributed by atoms with Gasteiger partial charge in [0.05, 0.1) is 11.7 Å². The van der Waals surface area contributed by atoms with Crippen molar-refractivity contribution >= 4 is 9.84 Å². The number of hydrogen-bond acceptors (Lipinski definition) is 4. The van der Waals surface area contributed by atoms with Gasteiger partial charge in [-0.05, 0) is 44.4 Å². The summed E-state index contributed by atoms with van der Waals surface area (Å²) in [7, 11) is -2.97. The van der Waals surface area contributed by atoms with Gasteiger partial charge < -0.3 is 10.2 Å². The van der Waals surface area contributed by atoms with Gasteiger partial charge >= 0.3 is 0 Å². The number of aliphatic hydroxyl groups is 2. The van der Waals surface area contributed by atoms with Crippen LogP contribution in [0, 0.1) is 5.92 Å². The molecule has 0 bridgehead atoms. The lowest BCUT2D eigenvalue weighted by molar-refractivity contribution is -0.105. The van der Waals surface area contributed by atoms with Crippen LogP contribution in [0.15, 0.2) is 0 Å². The fourth-order valence-electron chi connectivity index (χ4n) is 2.40. The number of rotatable bonds is 5. The minimum absolute atomic E-state index is 0.0799. The Kier molecular flexibility index (Phi) is 4.98. The normalized spacial score (nSPS) is 32.4. The minimum atomic E-state index is -2.97. The Bertz CT molecular complexity index is 328. The summed E-state index contributed by atoms with van der Waals surface area (Å²) < 4.78 is 21.9. The zero-order chi connectivity index (χ0) is 13.1. The second-order valence-corrected chi connectivity index (χ2v) is 7.83. The maximum Gasteiger partial charge on any atom is 0.147 e. The van der Waals surface area contributed by atoms with Gasteiger partial charge in [0.2, 0.25) is 0 Å². The molecule has 0 aromatic heterocycles. The molecule has 4 nitrogen and oxygen atoms in total. The third-order valence-corrected chi connectivity index (χ3v) is 4.78. The molecule has 5 heteroatoms. The molecule has 1 aliphatic rings. The molecule has 0 saturated heterocycles. The molecule has 1 unspecified atom stereocenters. The van der Waals surface area contributed by atoms with Gasteiger partial charge in [0.15, 0.2) is 0 Å². The number of sulfone groups is 1. The van der Waals surface area contributed by atoms with E-state index in [1.807, 2.05) is 0 Å². The zero-order valence-corrected chi connectivity index (χ0v) is 11.5. The first-order valence-electron chi connectivity index (χ1n) is 6.31. The van der Waals surface area contributed by atoms with Crippen LogP contribution in [0.3, 0.4) is 0 Å². The standard InChI is InChI=1S/C12H24O4S/c1-10-5-7-12(14,8-6-10)11(13)4-3-9-17(2,15)16/h10-11,13-14H,3-9H2,1-2H3. The molecule has 1 aliphatic carbocycles. The van der Waals surface area contributed by atoms with Crippen LogP contribution in [0.25, 0.3) is 0 Å². The van der Waals surface area contributed by atoms with Crippen molar-refractivity contribution < 1.29 is 18.6 Å². The Morgan fingerprint density at radius 2 is 1.88 bits per heavy atom. The molecular formula is C12H24O4S. The smallest absolute Gasteiger partial charge is 0.147 e. The summed E-state index contributed by atoms with van der Waals surface area (Å²) in [5.41, 5.74) is -0.996. The SMILES string of the molecule is CC1CCC(O)(C(O)CCCS(C)(=O)=O)CC1. The van der Waals surface area contributed by atoms with Crippen molar-refractivity contribution in [3.05, 3.63) is 0 Å². The molecule has 102 valence electrons. The predicted octanol–water partition coefficient (Wildman–Crippen LogP) is 1.11. The molecule has 1 rings (SSSR count). The summed E-state index contributed by atoms with van der Waals surface area (Å²) in [4.78, 5) is 0. The molecule has 1 fully saturated rings. The van der Waals surface area contributed by atoms with Crippen molar-refractivity contribution in [3.8, 4) is 0 Å². The molecule has 1 saturated carbocycles. The quantitative estimate of drug-likeness (QED) is 0.780. The van der Waals surface area contributed by atoms with Crippen molar-refractivity contribution in [3.63, 3.8) is 0 Å². The van der Waals surface area contributed by atoms with Gasteiger partial charge in [-0.3, -0.25) is 0 Å². The maximum atomic E-state index is 11.0. The molecule has 0 aromatic rings. The highest BCUT2D eigenvalue weighted by molar-refractivity contribution is 7.90. The number of hydrogen-bond donors (Lipinski definition) is 2. The van der Waals surface area contributed by atoms with Crippen LogP contribution in [0.2, 0.25) is 0 Å². The first-order chi connectivity index (χ1) is 7.73. The lowest BCUT2D eigenvalue weighted by Gasteiger charge is -2.38. The van der Waals surface area contributed by atoms with Crippen LogP contribution < -0.4 is 0 Å². The van der Waals surface area contributed by atoms with Crippen molar-refractivity contribution in [2.45, 2.75) is 57.2 Å². The molecule has 0 spiro atoms. The van der Waals surface area contributed by atoms with Gasteiger partial charge in [-0.1, -0.05) is 6.92 Å². The van der Waals surface area contributed by atoms with E-state index in [2.05, 4.69) is 6.92 Å². The average molecular weight is 264 g/mol. The monoisotopic (exact) mass is 264 g/mol. The van der Waals surface area contributed by atoms with Crippen LogP contribution in [0.4, 0.5) is 0 Å². The highest BCUT2D eigenvalue weighted by Gasteiger charge is 2.38. The third-order valence-electron chi connectivity index (χ3n) is 3.75. The minimum Gasteiger partial charge on any atom is -0.390 e. The summed E-state index contributed by atoms with van der Waals surface area (Å²) in [5, 5.41) is 20.3. The summed E-state index contributed by atoms with van der Waals surface area (Å²) in [6.45, 7) is 2.15. The molecule has 0 aromatic carbocycles. The van der Waals surface area contributed by atoms with E-state index in [1.165, 1.54) is 6.26 Å². The molecule has 0 radical (unpaired) electrons. The van der Waals surface area contributed by atoms with Gasteiger partial charge in [-0.15, -0.1) is 0 Å². The van der Waals surface area contributed by atoms with Crippen LogP contribution in [0.5, 0.6) is 0 Å². The Labute approximate surface area is 104 Å². The Morgan fingerprint density at radius 1 is 1.35 bits per heavy atom. The van der Waals surface area contributed by atoms with Crippen LogP contribution in [-0.2, 0) is 9.84 Å². The predicted molar refractivity (Wildman–Crippen MR) is 67.5 cm³/mol. The summed E-state index contributed by atoms with van der Waals surface area (Å²) in [6, 6.07) is 0. The van der Waals surface area contributed by atoms with E-state index < -0.39 is 21.5 Å². The van der Waals surface area contributed by atoms with E-state index in [4.69, 9.17) is 0 Å². The first kappa shape index (κ1) is 14.9. The Morgan fingerprint density at radius 3 is 2.35 bits per heavy atom. The fourth-order valence-corrected chi connectivity index (χ4v) is 3.09. The summed E-state index contributed by atoms with van der Waals surface area (Å²) in [5.74, 6) is 0.690. The fraction of sp³-hybridized carbons (Fsp3) is 1.00. The Hall–Kier alpha value is -0.130. The molecule has 0 heterocycles. The first-order valence-corrected chi connectivity index (χ1v) is 8.37. The highest BCUT2D eigenvalue weighted by Crippen LogP contribution is 2.35. The largest absolute Gasteiger partial charge is 0.390 e. The van der Waals surface area contributed by atoms with Crippen molar-refractivity contribution in [1.29, 1.82) is 0 Å². The van der Waals surface area contributed by atoms with Crippen LogP contribution >= 0.6 is 0 Å². The van der Waals surface area contributed by atoms with Crippen LogP contribution in [0.1, 0.15) is 45.4 Å². The summed E-state index contributed by atoms with van der Waals surface area (Å²) in [6.07, 6.45) is 4.27. The summed E-state index contributed by atoms with van der Waals surface area (Å²) >= 11 is 0. The second kappa shape index (κ2) is 5.67. The van der Waals surface area contributed by atoms with E-state index in [0.29, 0.717) is 31.6 Å². The van der Waals surface area contributed by atoms with E-state index >= 15 is 0 Å². The van der Waals surface area contributed by atoms with Crippen LogP contribution in [-0.4, -0.2) is 42.3 Å². The van der Waals surface area contributed by atoms with E-state index in [9.17, 15) is 18.6 Å². The zero-order valence-electron chi connectivity index (χ0n) is 10.7. The topological polar surface area (TPSA) is 74.6 Å². The lowest BCUT2D eigenvalue weighted by Crippen LogP contribution is -2.45. The van der Waals surface area contributed by atoms with Crippen molar-refractivity contribution in [1.82, 2.24) is 0 Å². The maximum absolute atomic E-state index is 11.0. The molecule has 17 heavy (non-hydrogen) atoms. The highest BCUT2D eigenvalue weighted by atomic mass is 32.2. The number of aliphatic hydroxyl groups excluding tert-OH is 1. The lowest BCUT2D eigenvalue weighted by atomic mass is 9.75. The van der Waals surface area contributed by atoms with Gasteiger partial charge in [0, 0.05) is 12.0 Å². The molecular weight excluding hydrogens is 240 g/mol. The van der Waals surface area contributed by atoms with E-state index in [-0.39, 0.29) is 5.75 Å². The second-order valence-electron chi connectivity index (χ2n) is 5.57. The van der Waals surface area contributed by atoms with E-state index in [1.54, 1.807) is 0 Å².